The largest absolute Gasteiger partial charge is 0.480 e. The lowest BCUT2D eigenvalue weighted by Gasteiger charge is -2.10. The van der Waals surface area contributed by atoms with Crippen molar-refractivity contribution in [3.8, 4) is 0 Å². The van der Waals surface area contributed by atoms with Gasteiger partial charge < -0.3 is 15.7 Å². The van der Waals surface area contributed by atoms with E-state index in [0.717, 1.165) is 0 Å². The number of nitrogens with one attached hydrogen (secondary N) is 2. The van der Waals surface area contributed by atoms with Crippen LogP contribution in [0.1, 0.15) is 13.8 Å². The molecule has 0 saturated carbocycles. The molecule has 0 aromatic carbocycles. The Labute approximate surface area is 75.3 Å². The summed E-state index contributed by atoms with van der Waals surface area (Å²) in [5, 5.41) is 12.7. The molecule has 0 bridgehead atoms. The highest BCUT2D eigenvalue weighted by Crippen LogP contribution is 1.81. The van der Waals surface area contributed by atoms with Crippen molar-refractivity contribution in [3.63, 3.8) is 0 Å². The molecule has 0 aliphatic carbocycles. The first-order valence-electron chi connectivity index (χ1n) is 3.70. The summed E-state index contributed by atoms with van der Waals surface area (Å²) in [7, 11) is 0. The SMILES string of the molecule is CC(=O)N[C@@H](C)C(=O)NCC(=O)O. The molecular weight excluding hydrogens is 176 g/mol. The minimum absolute atomic E-state index is 0.335. The van der Waals surface area contributed by atoms with Crippen LogP contribution in [0.2, 0.25) is 0 Å². The summed E-state index contributed by atoms with van der Waals surface area (Å²) < 4.78 is 0. The third-order valence-corrected chi connectivity index (χ3v) is 1.23. The number of hydrogen-bond acceptors (Lipinski definition) is 3. The lowest BCUT2D eigenvalue weighted by atomic mass is 10.3. The molecule has 0 heterocycles. The van der Waals surface area contributed by atoms with Gasteiger partial charge in [-0.2, -0.15) is 0 Å². The summed E-state index contributed by atoms with van der Waals surface area (Å²) in [6, 6.07) is -0.711. The summed E-state index contributed by atoms with van der Waals surface area (Å²) in [6.07, 6.45) is 0. The maximum atomic E-state index is 11.0. The zero-order valence-electron chi connectivity index (χ0n) is 7.46. The highest BCUT2D eigenvalue weighted by molar-refractivity contribution is 5.88. The highest BCUT2D eigenvalue weighted by Gasteiger charge is 2.13. The van der Waals surface area contributed by atoms with Gasteiger partial charge in [-0.05, 0) is 6.92 Å². The van der Waals surface area contributed by atoms with E-state index >= 15 is 0 Å². The fraction of sp³-hybridized carbons (Fsp3) is 0.571. The van der Waals surface area contributed by atoms with Crippen LogP contribution >= 0.6 is 0 Å². The van der Waals surface area contributed by atoms with Crippen LogP contribution in [-0.4, -0.2) is 35.5 Å². The molecule has 0 aliphatic rings. The van der Waals surface area contributed by atoms with Gasteiger partial charge in [-0.3, -0.25) is 14.4 Å². The van der Waals surface area contributed by atoms with E-state index in [1.54, 1.807) is 0 Å². The molecule has 0 aromatic heterocycles. The van der Waals surface area contributed by atoms with Gasteiger partial charge in [0, 0.05) is 6.92 Å². The predicted molar refractivity (Wildman–Crippen MR) is 43.9 cm³/mol. The summed E-state index contributed by atoms with van der Waals surface area (Å²) >= 11 is 0. The van der Waals surface area contributed by atoms with Crippen molar-refractivity contribution in [2.45, 2.75) is 19.9 Å². The van der Waals surface area contributed by atoms with Crippen molar-refractivity contribution < 1.29 is 19.5 Å². The van der Waals surface area contributed by atoms with Crippen molar-refractivity contribution >= 4 is 17.8 Å². The minimum Gasteiger partial charge on any atom is -0.480 e. The van der Waals surface area contributed by atoms with Gasteiger partial charge in [-0.1, -0.05) is 0 Å². The maximum Gasteiger partial charge on any atom is 0.322 e. The van der Waals surface area contributed by atoms with E-state index < -0.39 is 24.5 Å². The highest BCUT2D eigenvalue weighted by atomic mass is 16.4. The molecule has 3 N–H and O–H groups in total. The van der Waals surface area contributed by atoms with E-state index in [-0.39, 0.29) is 5.91 Å². The summed E-state index contributed by atoms with van der Waals surface area (Å²) in [5.41, 5.74) is 0. The molecule has 13 heavy (non-hydrogen) atoms. The Morgan fingerprint density at radius 3 is 2.31 bits per heavy atom. The molecule has 0 saturated heterocycles. The first-order chi connectivity index (χ1) is 5.93. The fourth-order valence-corrected chi connectivity index (χ4v) is 0.686. The van der Waals surface area contributed by atoms with Crippen molar-refractivity contribution in [3.05, 3.63) is 0 Å². The Morgan fingerprint density at radius 2 is 1.92 bits per heavy atom. The Kier molecular flexibility index (Phi) is 4.50. The molecule has 0 spiro atoms. The molecule has 2 amide bonds. The van der Waals surface area contributed by atoms with E-state index in [1.165, 1.54) is 13.8 Å². The number of carboxylic acid groups (broad SMARTS) is 1. The summed E-state index contributed by atoms with van der Waals surface area (Å²) in [4.78, 5) is 31.5. The predicted octanol–water partition coefficient (Wildman–Crippen LogP) is -1.29. The van der Waals surface area contributed by atoms with Crippen LogP contribution in [0.4, 0.5) is 0 Å². The topological polar surface area (TPSA) is 95.5 Å². The lowest BCUT2D eigenvalue weighted by molar-refractivity contribution is -0.138. The lowest BCUT2D eigenvalue weighted by Crippen LogP contribution is -2.45. The average molecular weight is 188 g/mol. The van der Waals surface area contributed by atoms with Crippen molar-refractivity contribution in [1.82, 2.24) is 10.6 Å². The zero-order valence-corrected chi connectivity index (χ0v) is 7.46. The fourth-order valence-electron chi connectivity index (χ4n) is 0.686. The molecule has 0 aliphatic heterocycles. The second-order valence-electron chi connectivity index (χ2n) is 2.53. The number of carbonyl (C=O) groups is 3. The van der Waals surface area contributed by atoms with Gasteiger partial charge in [-0.15, -0.1) is 0 Å². The molecule has 0 aromatic rings. The Balaban J connectivity index is 3.82. The van der Waals surface area contributed by atoms with E-state index in [1.807, 2.05) is 0 Å². The number of amides is 2. The summed E-state index contributed by atoms with van der Waals surface area (Å²) in [6.45, 7) is 2.31. The number of aliphatic carboxylic acids is 1. The zero-order chi connectivity index (χ0) is 10.4. The van der Waals surface area contributed by atoms with Gasteiger partial charge in [-0.25, -0.2) is 0 Å². The third-order valence-electron chi connectivity index (χ3n) is 1.23. The van der Waals surface area contributed by atoms with Crippen LogP contribution in [0.25, 0.3) is 0 Å². The van der Waals surface area contributed by atoms with Gasteiger partial charge in [0.15, 0.2) is 0 Å². The second-order valence-corrected chi connectivity index (χ2v) is 2.53. The second kappa shape index (κ2) is 5.13. The molecule has 0 unspecified atom stereocenters. The Bertz CT molecular complexity index is 227. The Hall–Kier alpha value is -1.59. The van der Waals surface area contributed by atoms with E-state index in [4.69, 9.17) is 5.11 Å². The normalized spacial score (nSPS) is 11.5. The van der Waals surface area contributed by atoms with E-state index in [2.05, 4.69) is 10.6 Å². The van der Waals surface area contributed by atoms with Gasteiger partial charge >= 0.3 is 5.97 Å². The van der Waals surface area contributed by atoms with Crippen molar-refractivity contribution in [2.75, 3.05) is 6.54 Å². The van der Waals surface area contributed by atoms with Crippen LogP contribution in [0.3, 0.4) is 0 Å². The molecule has 6 nitrogen and oxygen atoms in total. The minimum atomic E-state index is -1.12. The molecular formula is C7H12N2O4. The smallest absolute Gasteiger partial charge is 0.322 e. The van der Waals surface area contributed by atoms with Gasteiger partial charge in [0.2, 0.25) is 11.8 Å². The number of carbonyl (C=O) groups excluding carboxylic acids is 2. The molecule has 0 fully saturated rings. The van der Waals surface area contributed by atoms with E-state index in [9.17, 15) is 14.4 Å². The number of rotatable bonds is 4. The molecule has 0 rings (SSSR count). The molecule has 1 atom stereocenters. The number of carboxylic acids is 1. The average Bonchev–Trinajstić information content (AvgIpc) is 1.98. The Morgan fingerprint density at radius 1 is 1.38 bits per heavy atom. The monoisotopic (exact) mass is 188 g/mol. The molecule has 0 radical (unpaired) electrons. The van der Waals surface area contributed by atoms with Crippen LogP contribution < -0.4 is 10.6 Å². The van der Waals surface area contributed by atoms with Gasteiger partial charge in [0.05, 0.1) is 0 Å². The first kappa shape index (κ1) is 11.4. The van der Waals surface area contributed by atoms with Crippen LogP contribution in [0.5, 0.6) is 0 Å². The quantitative estimate of drug-likeness (QED) is 0.511. The number of hydrogen-bond donors (Lipinski definition) is 3. The van der Waals surface area contributed by atoms with Crippen LogP contribution in [0.15, 0.2) is 0 Å². The van der Waals surface area contributed by atoms with Crippen LogP contribution in [-0.2, 0) is 14.4 Å². The van der Waals surface area contributed by atoms with Crippen LogP contribution in [0, 0.1) is 0 Å². The standard InChI is InChI=1S/C7H12N2O4/c1-4(9-5(2)10)7(13)8-3-6(11)12/h4H,3H2,1-2H3,(H,8,13)(H,9,10)(H,11,12)/t4-/m0/s1. The van der Waals surface area contributed by atoms with E-state index in [0.29, 0.717) is 0 Å². The molecule has 74 valence electrons. The van der Waals surface area contributed by atoms with Crippen molar-refractivity contribution in [2.24, 2.45) is 0 Å². The van der Waals surface area contributed by atoms with Gasteiger partial charge in [0.25, 0.3) is 0 Å². The maximum absolute atomic E-state index is 11.0. The van der Waals surface area contributed by atoms with Crippen molar-refractivity contribution in [1.29, 1.82) is 0 Å². The summed E-state index contributed by atoms with van der Waals surface area (Å²) in [5.74, 6) is -1.97. The van der Waals surface area contributed by atoms with Gasteiger partial charge in [0.1, 0.15) is 12.6 Å². The molecule has 6 heteroatoms. The third kappa shape index (κ3) is 5.66. The first-order valence-corrected chi connectivity index (χ1v) is 3.70.